The Morgan fingerprint density at radius 2 is 1.12 bits per heavy atom. The second-order valence-electron chi connectivity index (χ2n) is 6.45. The molecule has 0 atom stereocenters. The Bertz CT molecular complexity index is 833. The van der Waals surface area contributed by atoms with E-state index in [4.69, 9.17) is 12.2 Å². The van der Waals surface area contributed by atoms with Crippen LogP contribution in [-0.2, 0) is 9.59 Å². The highest BCUT2D eigenvalue weighted by Gasteiger charge is 2.37. The average molecular weight is 352 g/mol. The summed E-state index contributed by atoms with van der Waals surface area (Å²) < 4.78 is 0. The third-order valence-corrected chi connectivity index (χ3v) is 5.05. The minimum Gasteiger partial charge on any atom is -0.273 e. The van der Waals surface area contributed by atoms with Gasteiger partial charge in [0.1, 0.15) is 6.42 Å². The van der Waals surface area contributed by atoms with E-state index in [0.717, 1.165) is 22.3 Å². The van der Waals surface area contributed by atoms with E-state index in [-0.39, 0.29) is 23.3 Å². The van der Waals surface area contributed by atoms with Crippen molar-refractivity contribution in [2.45, 2.75) is 34.1 Å². The molecule has 1 heterocycles. The molecule has 0 bridgehead atoms. The van der Waals surface area contributed by atoms with Crippen molar-refractivity contribution in [2.24, 2.45) is 0 Å². The predicted octanol–water partition coefficient (Wildman–Crippen LogP) is 3.98. The molecule has 128 valence electrons. The lowest BCUT2D eigenvalue weighted by Gasteiger charge is -2.35. The van der Waals surface area contributed by atoms with Crippen molar-refractivity contribution in [1.82, 2.24) is 0 Å². The zero-order valence-electron chi connectivity index (χ0n) is 14.8. The number of amides is 2. The van der Waals surface area contributed by atoms with Gasteiger partial charge in [-0.25, -0.2) is 0 Å². The Hall–Kier alpha value is -2.53. The number of carbonyl (C=O) groups is 2. The monoisotopic (exact) mass is 352 g/mol. The van der Waals surface area contributed by atoms with E-state index in [1.807, 2.05) is 64.1 Å². The molecule has 0 radical (unpaired) electrons. The molecule has 2 aromatic carbocycles. The Balaban J connectivity index is 2.04. The highest BCUT2D eigenvalue weighted by Crippen LogP contribution is 2.28. The fourth-order valence-corrected chi connectivity index (χ4v) is 3.25. The van der Waals surface area contributed by atoms with Crippen LogP contribution in [0.25, 0.3) is 0 Å². The number of nitrogens with zero attached hydrogens (tertiary/aromatic N) is 2. The molecule has 0 aromatic heterocycles. The summed E-state index contributed by atoms with van der Waals surface area (Å²) in [5, 5.41) is 0.202. The van der Waals surface area contributed by atoms with Gasteiger partial charge in [0, 0.05) is 0 Å². The molecule has 5 heteroatoms. The lowest BCUT2D eigenvalue weighted by Crippen LogP contribution is -2.55. The first-order valence-electron chi connectivity index (χ1n) is 8.14. The van der Waals surface area contributed by atoms with E-state index >= 15 is 0 Å². The highest BCUT2D eigenvalue weighted by molar-refractivity contribution is 7.81. The van der Waals surface area contributed by atoms with Crippen LogP contribution in [0.2, 0.25) is 0 Å². The molecule has 1 aliphatic rings. The van der Waals surface area contributed by atoms with Gasteiger partial charge in [-0.1, -0.05) is 12.1 Å². The maximum absolute atomic E-state index is 12.5. The summed E-state index contributed by atoms with van der Waals surface area (Å²) in [6.45, 7) is 8.01. The molecule has 1 aliphatic heterocycles. The van der Waals surface area contributed by atoms with Gasteiger partial charge in [-0.15, -0.1) is 0 Å². The van der Waals surface area contributed by atoms with E-state index in [1.165, 1.54) is 9.80 Å². The number of aryl methyl sites for hydroxylation is 4. The normalized spacial score (nSPS) is 15.1. The minimum atomic E-state index is -0.293. The van der Waals surface area contributed by atoms with Crippen LogP contribution in [0.1, 0.15) is 28.7 Å². The smallest absolute Gasteiger partial charge is 0.242 e. The molecule has 1 fully saturated rings. The molecule has 0 aliphatic carbocycles. The van der Waals surface area contributed by atoms with Gasteiger partial charge >= 0.3 is 0 Å². The molecule has 2 aromatic rings. The van der Waals surface area contributed by atoms with Crippen molar-refractivity contribution >= 4 is 40.5 Å². The Labute approximate surface area is 153 Å². The van der Waals surface area contributed by atoms with Crippen molar-refractivity contribution < 1.29 is 9.59 Å². The topological polar surface area (TPSA) is 40.6 Å². The second kappa shape index (κ2) is 6.41. The zero-order chi connectivity index (χ0) is 18.3. The van der Waals surface area contributed by atoms with Crippen LogP contribution in [0, 0.1) is 27.7 Å². The van der Waals surface area contributed by atoms with Gasteiger partial charge in [-0.3, -0.25) is 19.4 Å². The van der Waals surface area contributed by atoms with Crippen LogP contribution in [-0.4, -0.2) is 16.9 Å². The molecular weight excluding hydrogens is 332 g/mol. The maximum atomic E-state index is 12.5. The first-order chi connectivity index (χ1) is 11.8. The number of rotatable bonds is 2. The van der Waals surface area contributed by atoms with Gasteiger partial charge in [0.05, 0.1) is 11.4 Å². The number of hydrogen-bond acceptors (Lipinski definition) is 3. The zero-order valence-corrected chi connectivity index (χ0v) is 15.6. The molecule has 25 heavy (non-hydrogen) atoms. The quantitative estimate of drug-likeness (QED) is 0.606. The summed E-state index contributed by atoms with van der Waals surface area (Å²) in [6.07, 6.45) is -0.194. The van der Waals surface area contributed by atoms with Gasteiger partial charge < -0.3 is 0 Å². The second-order valence-corrected chi connectivity index (χ2v) is 6.82. The number of benzene rings is 2. The lowest BCUT2D eigenvalue weighted by molar-refractivity contribution is -0.126. The van der Waals surface area contributed by atoms with Crippen LogP contribution in [0.3, 0.4) is 0 Å². The first-order valence-corrected chi connectivity index (χ1v) is 8.55. The molecule has 0 N–H and O–H groups in total. The molecular formula is C20H20N2O2S. The van der Waals surface area contributed by atoms with Crippen molar-refractivity contribution in [3.8, 4) is 0 Å². The molecule has 2 amide bonds. The molecule has 3 rings (SSSR count). The standard InChI is InChI=1S/C20H20N2O2S/c1-12-5-7-16(9-14(12)3)21-18(23)11-19(24)22(20(21)25)17-8-6-13(2)15(4)10-17/h5-10H,11H2,1-4H3. The van der Waals surface area contributed by atoms with Crippen LogP contribution >= 0.6 is 12.2 Å². The summed E-state index contributed by atoms with van der Waals surface area (Å²) in [5.41, 5.74) is 5.81. The van der Waals surface area contributed by atoms with Gasteiger partial charge in [0.2, 0.25) is 11.8 Å². The maximum Gasteiger partial charge on any atom is 0.242 e. The highest BCUT2D eigenvalue weighted by atomic mass is 32.1. The first kappa shape index (κ1) is 17.3. The van der Waals surface area contributed by atoms with Crippen molar-refractivity contribution in [3.63, 3.8) is 0 Å². The van der Waals surface area contributed by atoms with Crippen molar-refractivity contribution in [1.29, 1.82) is 0 Å². The average Bonchev–Trinajstić information content (AvgIpc) is 2.53. The van der Waals surface area contributed by atoms with E-state index in [9.17, 15) is 9.59 Å². The summed E-state index contributed by atoms with van der Waals surface area (Å²) >= 11 is 5.53. The Morgan fingerprint density at radius 1 is 0.720 bits per heavy atom. The van der Waals surface area contributed by atoms with Gasteiger partial charge in [-0.05, 0) is 86.4 Å². The Morgan fingerprint density at radius 3 is 1.48 bits per heavy atom. The summed E-state index contributed by atoms with van der Waals surface area (Å²) in [6, 6.07) is 11.5. The summed E-state index contributed by atoms with van der Waals surface area (Å²) in [4.78, 5) is 27.9. The van der Waals surface area contributed by atoms with E-state index < -0.39 is 0 Å². The minimum absolute atomic E-state index is 0.194. The molecule has 0 saturated carbocycles. The lowest BCUT2D eigenvalue weighted by atomic mass is 10.1. The van der Waals surface area contributed by atoms with Crippen LogP contribution in [0.15, 0.2) is 36.4 Å². The fourth-order valence-electron chi connectivity index (χ4n) is 2.84. The molecule has 0 unspecified atom stereocenters. The van der Waals surface area contributed by atoms with Crippen LogP contribution in [0.4, 0.5) is 11.4 Å². The fraction of sp³-hybridized carbons (Fsp3) is 0.250. The summed E-state index contributed by atoms with van der Waals surface area (Å²) in [5.74, 6) is -0.586. The third-order valence-electron chi connectivity index (χ3n) is 4.68. The Kier molecular flexibility index (Phi) is 4.43. The van der Waals surface area contributed by atoms with Crippen molar-refractivity contribution in [2.75, 3.05) is 9.80 Å². The SMILES string of the molecule is Cc1ccc(N2C(=O)CC(=O)N(c3ccc(C)c(C)c3)C2=S)cc1C. The van der Waals surface area contributed by atoms with Crippen LogP contribution < -0.4 is 9.80 Å². The van der Waals surface area contributed by atoms with Gasteiger partial charge in [0.25, 0.3) is 0 Å². The largest absolute Gasteiger partial charge is 0.273 e. The van der Waals surface area contributed by atoms with E-state index in [0.29, 0.717) is 11.4 Å². The number of thiocarbonyl (C=S) groups is 1. The number of anilines is 2. The number of hydrogen-bond donors (Lipinski definition) is 0. The summed E-state index contributed by atoms with van der Waals surface area (Å²) in [7, 11) is 0. The molecule has 4 nitrogen and oxygen atoms in total. The third kappa shape index (κ3) is 3.07. The van der Waals surface area contributed by atoms with Crippen molar-refractivity contribution in [3.05, 3.63) is 58.7 Å². The predicted molar refractivity (Wildman–Crippen MR) is 104 cm³/mol. The van der Waals surface area contributed by atoms with Gasteiger partial charge in [-0.2, -0.15) is 0 Å². The van der Waals surface area contributed by atoms with E-state index in [1.54, 1.807) is 0 Å². The molecule has 0 spiro atoms. The molecule has 1 saturated heterocycles. The van der Waals surface area contributed by atoms with E-state index in [2.05, 4.69) is 0 Å². The van der Waals surface area contributed by atoms with Crippen LogP contribution in [0.5, 0.6) is 0 Å². The van der Waals surface area contributed by atoms with Gasteiger partial charge in [0.15, 0.2) is 5.11 Å². The number of carbonyl (C=O) groups excluding carboxylic acids is 2.